The topological polar surface area (TPSA) is 42.0 Å². The van der Waals surface area contributed by atoms with Crippen LogP contribution in [0.5, 0.6) is 0 Å². The Labute approximate surface area is 134 Å². The number of likely N-dealkylation sites (tertiary alicyclic amines) is 1. The third-order valence-corrected chi connectivity index (χ3v) is 4.51. The van der Waals surface area contributed by atoms with Crippen LogP contribution in [-0.4, -0.2) is 66.9 Å². The molecule has 1 unspecified atom stereocenters. The normalized spacial score (nSPS) is 24.6. The van der Waals surface area contributed by atoms with Gasteiger partial charge in [0.2, 0.25) is 0 Å². The van der Waals surface area contributed by atoms with Crippen LogP contribution in [-0.2, 0) is 9.47 Å². The van der Waals surface area contributed by atoms with Gasteiger partial charge in [-0.3, -0.25) is 0 Å². The fourth-order valence-corrected chi connectivity index (χ4v) is 3.24. The van der Waals surface area contributed by atoms with Crippen LogP contribution in [0.4, 0.5) is 4.79 Å². The summed E-state index contributed by atoms with van der Waals surface area (Å²) in [6, 6.07) is 0.546. The number of carbonyl (C=O) groups excluding carboxylic acids is 1. The minimum Gasteiger partial charge on any atom is -0.444 e. The van der Waals surface area contributed by atoms with E-state index in [4.69, 9.17) is 9.47 Å². The molecule has 0 aromatic rings. The number of carbonyl (C=O) groups is 1. The van der Waals surface area contributed by atoms with Gasteiger partial charge in [0, 0.05) is 32.3 Å². The van der Waals surface area contributed by atoms with Crippen LogP contribution in [0.1, 0.15) is 52.9 Å². The molecular weight excluding hydrogens is 280 g/mol. The molecule has 2 aliphatic rings. The van der Waals surface area contributed by atoms with E-state index in [0.717, 1.165) is 39.1 Å². The minimum absolute atomic E-state index is 0.177. The number of piperidine rings is 1. The van der Waals surface area contributed by atoms with E-state index in [1.165, 1.54) is 19.3 Å². The minimum atomic E-state index is -0.414. The van der Waals surface area contributed by atoms with E-state index < -0.39 is 5.60 Å². The number of nitrogens with zero attached hydrogens (tertiary/aromatic N) is 2. The Hall–Kier alpha value is -0.810. The molecule has 2 saturated heterocycles. The molecule has 1 amide bonds. The molecule has 2 fully saturated rings. The molecular formula is C17H32N2O3. The van der Waals surface area contributed by atoms with Crippen LogP contribution < -0.4 is 0 Å². The third kappa shape index (κ3) is 5.43. The van der Waals surface area contributed by atoms with Crippen LogP contribution in [0, 0.1) is 0 Å². The van der Waals surface area contributed by atoms with Crippen LogP contribution >= 0.6 is 0 Å². The van der Waals surface area contributed by atoms with Crippen molar-refractivity contribution in [3.05, 3.63) is 0 Å². The van der Waals surface area contributed by atoms with E-state index in [1.54, 1.807) is 0 Å². The fourth-order valence-electron chi connectivity index (χ4n) is 3.24. The van der Waals surface area contributed by atoms with Crippen molar-refractivity contribution < 1.29 is 14.3 Å². The van der Waals surface area contributed by atoms with E-state index >= 15 is 0 Å². The fraction of sp³-hybridized carbons (Fsp3) is 0.941. The van der Waals surface area contributed by atoms with Crippen LogP contribution in [0.2, 0.25) is 0 Å². The summed E-state index contributed by atoms with van der Waals surface area (Å²) in [6.45, 7) is 9.23. The number of rotatable bonds is 3. The Balaban J connectivity index is 1.72. The SMILES string of the molecule is CN(CC1CCCCO1)C1CCN(C(=O)OC(C)(C)C)CC1. The van der Waals surface area contributed by atoms with Crippen LogP contribution in [0.3, 0.4) is 0 Å². The molecule has 2 heterocycles. The molecule has 0 spiro atoms. The first-order chi connectivity index (χ1) is 10.3. The number of hydrogen-bond donors (Lipinski definition) is 0. The van der Waals surface area contributed by atoms with E-state index in [0.29, 0.717) is 12.1 Å². The van der Waals surface area contributed by atoms with E-state index in [9.17, 15) is 4.79 Å². The van der Waals surface area contributed by atoms with Crippen molar-refractivity contribution in [1.82, 2.24) is 9.80 Å². The van der Waals surface area contributed by atoms with Crippen molar-refractivity contribution in [2.75, 3.05) is 33.3 Å². The lowest BCUT2D eigenvalue weighted by Crippen LogP contribution is -2.48. The first-order valence-electron chi connectivity index (χ1n) is 8.65. The lowest BCUT2D eigenvalue weighted by atomic mass is 10.0. The Morgan fingerprint density at radius 1 is 1.23 bits per heavy atom. The zero-order valence-corrected chi connectivity index (χ0v) is 14.6. The van der Waals surface area contributed by atoms with Gasteiger partial charge in [0.1, 0.15) is 5.60 Å². The van der Waals surface area contributed by atoms with Crippen molar-refractivity contribution in [1.29, 1.82) is 0 Å². The van der Waals surface area contributed by atoms with Gasteiger partial charge < -0.3 is 19.3 Å². The first-order valence-corrected chi connectivity index (χ1v) is 8.65. The Morgan fingerprint density at radius 2 is 1.91 bits per heavy atom. The predicted molar refractivity (Wildman–Crippen MR) is 87.1 cm³/mol. The van der Waals surface area contributed by atoms with E-state index in [1.807, 2.05) is 25.7 Å². The number of amides is 1. The Kier molecular flexibility index (Phi) is 6.09. The molecule has 0 aromatic carbocycles. The highest BCUT2D eigenvalue weighted by atomic mass is 16.6. The maximum absolute atomic E-state index is 12.1. The summed E-state index contributed by atoms with van der Waals surface area (Å²) in [7, 11) is 2.19. The number of likely N-dealkylation sites (N-methyl/N-ethyl adjacent to an activating group) is 1. The highest BCUT2D eigenvalue weighted by Gasteiger charge is 2.29. The van der Waals surface area contributed by atoms with Crippen molar-refractivity contribution >= 4 is 6.09 Å². The number of hydrogen-bond acceptors (Lipinski definition) is 4. The van der Waals surface area contributed by atoms with Crippen molar-refractivity contribution in [2.45, 2.75) is 70.6 Å². The molecule has 1 atom stereocenters. The van der Waals surface area contributed by atoms with Gasteiger partial charge in [-0.15, -0.1) is 0 Å². The largest absolute Gasteiger partial charge is 0.444 e. The second kappa shape index (κ2) is 7.64. The van der Waals surface area contributed by atoms with Gasteiger partial charge in [-0.1, -0.05) is 0 Å². The van der Waals surface area contributed by atoms with Crippen molar-refractivity contribution in [3.8, 4) is 0 Å². The number of ether oxygens (including phenoxy) is 2. The summed E-state index contributed by atoms with van der Waals surface area (Å²) in [4.78, 5) is 16.3. The molecule has 0 radical (unpaired) electrons. The second-order valence-corrected chi connectivity index (χ2v) is 7.63. The third-order valence-electron chi connectivity index (χ3n) is 4.51. The Morgan fingerprint density at radius 3 is 2.45 bits per heavy atom. The van der Waals surface area contributed by atoms with Gasteiger partial charge in [0.05, 0.1) is 6.10 Å². The van der Waals surface area contributed by atoms with Gasteiger partial charge in [-0.2, -0.15) is 0 Å². The standard InChI is InChI=1S/C17H32N2O3/c1-17(2,3)22-16(20)19-10-8-14(9-11-19)18(4)13-15-7-5-6-12-21-15/h14-15H,5-13H2,1-4H3. The molecule has 0 aromatic heterocycles. The quantitative estimate of drug-likeness (QED) is 0.803. The highest BCUT2D eigenvalue weighted by Crippen LogP contribution is 2.20. The molecule has 0 bridgehead atoms. The monoisotopic (exact) mass is 312 g/mol. The van der Waals surface area contributed by atoms with Crippen molar-refractivity contribution in [3.63, 3.8) is 0 Å². The molecule has 0 saturated carbocycles. The summed E-state index contributed by atoms with van der Waals surface area (Å²) in [6.07, 6.45) is 5.92. The predicted octanol–water partition coefficient (Wildman–Crippen LogP) is 2.89. The van der Waals surface area contributed by atoms with Gasteiger partial charge in [0.25, 0.3) is 0 Å². The summed E-state index contributed by atoms with van der Waals surface area (Å²) < 4.78 is 11.3. The summed E-state index contributed by atoms with van der Waals surface area (Å²) in [5.74, 6) is 0. The zero-order valence-electron chi connectivity index (χ0n) is 14.6. The molecule has 5 nitrogen and oxygen atoms in total. The van der Waals surface area contributed by atoms with Crippen LogP contribution in [0.15, 0.2) is 0 Å². The maximum Gasteiger partial charge on any atom is 0.410 e. The average molecular weight is 312 g/mol. The van der Waals surface area contributed by atoms with Gasteiger partial charge >= 0.3 is 6.09 Å². The zero-order chi connectivity index (χ0) is 16.2. The summed E-state index contributed by atoms with van der Waals surface area (Å²) in [5.41, 5.74) is -0.414. The lowest BCUT2D eigenvalue weighted by Gasteiger charge is -2.38. The first kappa shape index (κ1) is 17.5. The molecule has 0 aliphatic carbocycles. The molecule has 0 N–H and O–H groups in total. The summed E-state index contributed by atoms with van der Waals surface area (Å²) >= 11 is 0. The smallest absolute Gasteiger partial charge is 0.410 e. The molecule has 22 heavy (non-hydrogen) atoms. The Bertz CT molecular complexity index is 353. The van der Waals surface area contributed by atoms with Crippen LogP contribution in [0.25, 0.3) is 0 Å². The van der Waals surface area contributed by atoms with E-state index in [2.05, 4.69) is 11.9 Å². The summed E-state index contributed by atoms with van der Waals surface area (Å²) in [5, 5.41) is 0. The maximum atomic E-state index is 12.1. The lowest BCUT2D eigenvalue weighted by molar-refractivity contribution is -0.0165. The molecule has 2 rings (SSSR count). The van der Waals surface area contributed by atoms with Gasteiger partial charge in [-0.25, -0.2) is 4.79 Å². The average Bonchev–Trinajstić information content (AvgIpc) is 2.46. The molecule has 5 heteroatoms. The van der Waals surface area contributed by atoms with E-state index in [-0.39, 0.29) is 6.09 Å². The molecule has 128 valence electrons. The highest BCUT2D eigenvalue weighted by molar-refractivity contribution is 5.68. The van der Waals surface area contributed by atoms with Crippen molar-refractivity contribution in [2.24, 2.45) is 0 Å². The van der Waals surface area contributed by atoms with Gasteiger partial charge in [0.15, 0.2) is 0 Å². The van der Waals surface area contributed by atoms with Gasteiger partial charge in [-0.05, 0) is 59.9 Å². The molecule has 2 aliphatic heterocycles. The second-order valence-electron chi connectivity index (χ2n) is 7.63.